The number of anilines is 1. The molecule has 1 aliphatic heterocycles. The first kappa shape index (κ1) is 18.9. The van der Waals surface area contributed by atoms with Crippen molar-refractivity contribution in [3.05, 3.63) is 65.5 Å². The molecule has 3 aromatic rings. The molecule has 0 unspecified atom stereocenters. The SMILES string of the molecule is Cc1cccc(CNC(=O)[C@H]2CC(=O)N(c3cccc(-c4noc(C)n4)c3)C2)c1. The van der Waals surface area contributed by atoms with Gasteiger partial charge in [-0.05, 0) is 24.6 Å². The Bertz CT molecular complexity index is 1060. The van der Waals surface area contributed by atoms with Crippen LogP contribution in [-0.2, 0) is 16.1 Å². The van der Waals surface area contributed by atoms with Crippen LogP contribution < -0.4 is 10.2 Å². The van der Waals surface area contributed by atoms with E-state index in [0.717, 1.165) is 22.4 Å². The lowest BCUT2D eigenvalue weighted by molar-refractivity contribution is -0.126. The number of rotatable bonds is 5. The van der Waals surface area contributed by atoms with Crippen molar-refractivity contribution in [3.8, 4) is 11.4 Å². The molecule has 0 spiro atoms. The molecule has 1 atom stereocenters. The molecule has 1 aromatic heterocycles. The highest BCUT2D eigenvalue weighted by Crippen LogP contribution is 2.28. The lowest BCUT2D eigenvalue weighted by Gasteiger charge is -2.17. The Kier molecular flexibility index (Phi) is 5.12. The molecule has 1 N–H and O–H groups in total. The molecule has 1 fully saturated rings. The fourth-order valence-electron chi connectivity index (χ4n) is 3.52. The van der Waals surface area contributed by atoms with Crippen molar-refractivity contribution >= 4 is 17.5 Å². The third-order valence-corrected chi connectivity index (χ3v) is 4.99. The van der Waals surface area contributed by atoms with Crippen LogP contribution in [0.15, 0.2) is 53.1 Å². The predicted molar refractivity (Wildman–Crippen MR) is 108 cm³/mol. The summed E-state index contributed by atoms with van der Waals surface area (Å²) in [6.07, 6.45) is 0.200. The molecular formula is C22H22N4O3. The maximum atomic E-state index is 12.6. The van der Waals surface area contributed by atoms with E-state index in [-0.39, 0.29) is 24.2 Å². The first-order chi connectivity index (χ1) is 14.0. The van der Waals surface area contributed by atoms with Crippen molar-refractivity contribution in [2.24, 2.45) is 5.92 Å². The van der Waals surface area contributed by atoms with Crippen molar-refractivity contribution in [1.82, 2.24) is 15.5 Å². The fraction of sp³-hybridized carbons (Fsp3) is 0.273. The molecule has 7 nitrogen and oxygen atoms in total. The Morgan fingerprint density at radius 2 is 2.03 bits per heavy atom. The number of carbonyl (C=O) groups excluding carboxylic acids is 2. The highest BCUT2D eigenvalue weighted by atomic mass is 16.5. The van der Waals surface area contributed by atoms with Crippen LogP contribution in [0, 0.1) is 19.8 Å². The molecule has 4 rings (SSSR count). The third kappa shape index (κ3) is 4.18. The second-order valence-corrected chi connectivity index (χ2v) is 7.30. The molecule has 2 amide bonds. The van der Waals surface area contributed by atoms with Gasteiger partial charge in [0.25, 0.3) is 0 Å². The fourth-order valence-corrected chi connectivity index (χ4v) is 3.52. The largest absolute Gasteiger partial charge is 0.352 e. The van der Waals surface area contributed by atoms with Gasteiger partial charge < -0.3 is 14.7 Å². The topological polar surface area (TPSA) is 88.3 Å². The monoisotopic (exact) mass is 390 g/mol. The minimum atomic E-state index is -0.372. The molecule has 1 aliphatic rings. The van der Waals surface area contributed by atoms with Crippen LogP contribution in [-0.4, -0.2) is 28.5 Å². The number of benzene rings is 2. The quantitative estimate of drug-likeness (QED) is 0.723. The van der Waals surface area contributed by atoms with Crippen molar-refractivity contribution < 1.29 is 14.1 Å². The molecule has 0 saturated carbocycles. The molecule has 2 aromatic carbocycles. The lowest BCUT2D eigenvalue weighted by atomic mass is 10.1. The van der Waals surface area contributed by atoms with Gasteiger partial charge in [0.2, 0.25) is 23.5 Å². The van der Waals surface area contributed by atoms with Crippen LogP contribution in [0.3, 0.4) is 0 Å². The van der Waals surface area contributed by atoms with Crippen LogP contribution in [0.5, 0.6) is 0 Å². The van der Waals surface area contributed by atoms with E-state index in [4.69, 9.17) is 4.52 Å². The zero-order chi connectivity index (χ0) is 20.4. The third-order valence-electron chi connectivity index (χ3n) is 4.99. The van der Waals surface area contributed by atoms with E-state index in [1.807, 2.05) is 55.5 Å². The molecule has 0 radical (unpaired) electrons. The van der Waals surface area contributed by atoms with Crippen molar-refractivity contribution in [2.75, 3.05) is 11.4 Å². The number of amides is 2. The summed E-state index contributed by atoms with van der Waals surface area (Å²) in [4.78, 5) is 31.0. The van der Waals surface area contributed by atoms with Crippen LogP contribution in [0.1, 0.15) is 23.4 Å². The van der Waals surface area contributed by atoms with Gasteiger partial charge in [-0.1, -0.05) is 47.1 Å². The van der Waals surface area contributed by atoms with Gasteiger partial charge in [-0.15, -0.1) is 0 Å². The van der Waals surface area contributed by atoms with E-state index in [0.29, 0.717) is 24.8 Å². The van der Waals surface area contributed by atoms with Crippen LogP contribution in [0.25, 0.3) is 11.4 Å². The number of aryl methyl sites for hydroxylation is 2. The second kappa shape index (κ2) is 7.87. The van der Waals surface area contributed by atoms with Gasteiger partial charge in [0, 0.05) is 37.7 Å². The van der Waals surface area contributed by atoms with Crippen LogP contribution in [0.2, 0.25) is 0 Å². The Labute approximate surface area is 168 Å². The van der Waals surface area contributed by atoms with Gasteiger partial charge in [-0.3, -0.25) is 9.59 Å². The summed E-state index contributed by atoms with van der Waals surface area (Å²) in [5.41, 5.74) is 3.68. The average molecular weight is 390 g/mol. The van der Waals surface area contributed by atoms with Gasteiger partial charge >= 0.3 is 0 Å². The normalized spacial score (nSPS) is 16.3. The van der Waals surface area contributed by atoms with Crippen molar-refractivity contribution in [1.29, 1.82) is 0 Å². The van der Waals surface area contributed by atoms with Gasteiger partial charge in [0.05, 0.1) is 5.92 Å². The van der Waals surface area contributed by atoms with E-state index in [1.165, 1.54) is 0 Å². The average Bonchev–Trinajstić information content (AvgIpc) is 3.32. The van der Waals surface area contributed by atoms with E-state index in [9.17, 15) is 9.59 Å². The minimum Gasteiger partial charge on any atom is -0.352 e. The maximum Gasteiger partial charge on any atom is 0.227 e. The van der Waals surface area contributed by atoms with Crippen LogP contribution in [0.4, 0.5) is 5.69 Å². The van der Waals surface area contributed by atoms with Gasteiger partial charge in [-0.25, -0.2) is 0 Å². The predicted octanol–water partition coefficient (Wildman–Crippen LogP) is 3.02. The molecule has 7 heteroatoms. The van der Waals surface area contributed by atoms with E-state index in [1.54, 1.807) is 11.8 Å². The summed E-state index contributed by atoms with van der Waals surface area (Å²) < 4.78 is 5.03. The van der Waals surface area contributed by atoms with Crippen molar-refractivity contribution in [3.63, 3.8) is 0 Å². The Morgan fingerprint density at radius 3 is 2.79 bits per heavy atom. The number of aromatic nitrogens is 2. The number of hydrogen-bond donors (Lipinski definition) is 1. The van der Waals surface area contributed by atoms with E-state index in [2.05, 4.69) is 15.5 Å². The van der Waals surface area contributed by atoms with Crippen LogP contribution >= 0.6 is 0 Å². The molecule has 148 valence electrons. The highest BCUT2D eigenvalue weighted by molar-refractivity contribution is 6.00. The van der Waals surface area contributed by atoms with Crippen molar-refractivity contribution in [2.45, 2.75) is 26.8 Å². The second-order valence-electron chi connectivity index (χ2n) is 7.30. The standard InChI is InChI=1S/C22H22N4O3/c1-14-5-3-6-16(9-14)12-23-22(28)18-11-20(27)26(13-18)19-8-4-7-17(10-19)21-24-15(2)29-25-21/h3-10,18H,11-13H2,1-2H3,(H,23,28)/t18-/m0/s1. The molecule has 1 saturated heterocycles. The smallest absolute Gasteiger partial charge is 0.227 e. The van der Waals surface area contributed by atoms with E-state index < -0.39 is 0 Å². The Morgan fingerprint density at radius 1 is 1.21 bits per heavy atom. The Balaban J connectivity index is 1.43. The summed E-state index contributed by atoms with van der Waals surface area (Å²) in [5.74, 6) is 0.411. The van der Waals surface area contributed by atoms with E-state index >= 15 is 0 Å². The zero-order valence-corrected chi connectivity index (χ0v) is 16.4. The zero-order valence-electron chi connectivity index (χ0n) is 16.4. The number of nitrogens with zero attached hydrogens (tertiary/aromatic N) is 3. The molecular weight excluding hydrogens is 368 g/mol. The minimum absolute atomic E-state index is 0.0675. The Hall–Kier alpha value is -3.48. The summed E-state index contributed by atoms with van der Waals surface area (Å²) in [5, 5.41) is 6.87. The number of nitrogens with one attached hydrogen (secondary N) is 1. The molecule has 0 aliphatic carbocycles. The molecule has 0 bridgehead atoms. The van der Waals surface area contributed by atoms with Gasteiger partial charge in [0.15, 0.2) is 0 Å². The molecule has 2 heterocycles. The van der Waals surface area contributed by atoms with Gasteiger partial charge in [-0.2, -0.15) is 4.98 Å². The first-order valence-electron chi connectivity index (χ1n) is 9.54. The maximum absolute atomic E-state index is 12.6. The van der Waals surface area contributed by atoms with Gasteiger partial charge in [0.1, 0.15) is 0 Å². The summed E-state index contributed by atoms with van der Waals surface area (Å²) >= 11 is 0. The number of hydrogen-bond acceptors (Lipinski definition) is 5. The molecule has 29 heavy (non-hydrogen) atoms. The summed E-state index contributed by atoms with van der Waals surface area (Å²) in [6, 6.07) is 15.4. The summed E-state index contributed by atoms with van der Waals surface area (Å²) in [7, 11) is 0. The summed E-state index contributed by atoms with van der Waals surface area (Å²) in [6.45, 7) is 4.55. The first-order valence-corrected chi connectivity index (χ1v) is 9.54. The lowest BCUT2D eigenvalue weighted by Crippen LogP contribution is -2.32. The highest BCUT2D eigenvalue weighted by Gasteiger charge is 2.35. The number of carbonyl (C=O) groups is 2.